The first-order valence-electron chi connectivity index (χ1n) is 11.6. The molecule has 10 nitrogen and oxygen atoms in total. The van der Waals surface area contributed by atoms with Gasteiger partial charge in [0, 0.05) is 0 Å². The summed E-state index contributed by atoms with van der Waals surface area (Å²) in [6, 6.07) is 11.3. The second-order valence-corrected chi connectivity index (χ2v) is 8.23. The Balaban J connectivity index is 1.97. The van der Waals surface area contributed by atoms with Gasteiger partial charge in [-0.3, -0.25) is 9.59 Å². The van der Waals surface area contributed by atoms with Crippen molar-refractivity contribution in [3.8, 4) is 17.2 Å². The van der Waals surface area contributed by atoms with Gasteiger partial charge in [0.1, 0.15) is 11.8 Å². The molecule has 0 aliphatic heterocycles. The number of para-hydroxylation sites is 1. The van der Waals surface area contributed by atoms with Crippen molar-refractivity contribution < 1.29 is 33.3 Å². The Kier molecular flexibility index (Phi) is 11.2. The zero-order valence-corrected chi connectivity index (χ0v) is 21.2. The molecule has 2 N–H and O–H groups in total. The van der Waals surface area contributed by atoms with Crippen LogP contribution in [0.3, 0.4) is 0 Å². The number of carbonyl (C=O) groups excluding carboxylic acids is 3. The average molecular weight is 500 g/mol. The van der Waals surface area contributed by atoms with Gasteiger partial charge in [0.2, 0.25) is 0 Å². The molecule has 0 aliphatic carbocycles. The summed E-state index contributed by atoms with van der Waals surface area (Å²) in [4.78, 5) is 36.7. The lowest BCUT2D eigenvalue weighted by atomic mass is 10.0. The Hall–Kier alpha value is -4.08. The Morgan fingerprint density at radius 2 is 1.81 bits per heavy atom. The molecule has 2 amide bonds. The molecule has 0 heterocycles. The highest BCUT2D eigenvalue weighted by atomic mass is 16.7. The molecule has 0 aromatic heterocycles. The van der Waals surface area contributed by atoms with E-state index in [2.05, 4.69) is 15.8 Å². The summed E-state index contributed by atoms with van der Waals surface area (Å²) in [5.41, 5.74) is 3.95. The van der Waals surface area contributed by atoms with Gasteiger partial charge in [0.05, 0.1) is 19.9 Å². The molecule has 36 heavy (non-hydrogen) atoms. The number of aryl methyl sites for hydroxylation is 1. The molecule has 0 radical (unpaired) electrons. The van der Waals surface area contributed by atoms with Crippen LogP contribution in [0.2, 0.25) is 0 Å². The van der Waals surface area contributed by atoms with Crippen LogP contribution in [-0.4, -0.2) is 50.5 Å². The van der Waals surface area contributed by atoms with Crippen LogP contribution in [0, 0.1) is 12.8 Å². The quantitative estimate of drug-likeness (QED) is 0.198. The molecular formula is C26H33N3O7. The minimum Gasteiger partial charge on any atom is -0.493 e. The fourth-order valence-electron chi connectivity index (χ4n) is 3.13. The lowest BCUT2D eigenvalue weighted by Gasteiger charge is -2.19. The lowest BCUT2D eigenvalue weighted by Crippen LogP contribution is -2.47. The minimum atomic E-state index is -0.841. The van der Waals surface area contributed by atoms with Crippen LogP contribution in [-0.2, 0) is 14.3 Å². The van der Waals surface area contributed by atoms with Gasteiger partial charge in [-0.2, -0.15) is 5.10 Å². The maximum absolute atomic E-state index is 12.7. The van der Waals surface area contributed by atoms with Gasteiger partial charge in [0.15, 0.2) is 18.1 Å². The van der Waals surface area contributed by atoms with Gasteiger partial charge in [-0.25, -0.2) is 10.2 Å². The number of nitrogens with zero attached hydrogens (tertiary/aromatic N) is 1. The molecule has 2 aromatic rings. The number of hydrogen-bond acceptors (Lipinski definition) is 8. The van der Waals surface area contributed by atoms with Crippen LogP contribution in [0.4, 0.5) is 4.79 Å². The van der Waals surface area contributed by atoms with Crippen molar-refractivity contribution in [2.24, 2.45) is 11.0 Å². The number of nitrogens with one attached hydrogen (secondary N) is 2. The van der Waals surface area contributed by atoms with E-state index in [1.807, 2.05) is 39.0 Å². The zero-order chi connectivity index (χ0) is 26.5. The number of methoxy groups -OCH3 is 1. The van der Waals surface area contributed by atoms with Crippen molar-refractivity contribution >= 4 is 24.2 Å². The summed E-state index contributed by atoms with van der Waals surface area (Å²) in [5, 5.41) is 6.69. The van der Waals surface area contributed by atoms with Gasteiger partial charge in [-0.15, -0.1) is 0 Å². The summed E-state index contributed by atoms with van der Waals surface area (Å²) in [7, 11) is 1.43. The predicted molar refractivity (Wildman–Crippen MR) is 134 cm³/mol. The Morgan fingerprint density at radius 1 is 1.06 bits per heavy atom. The first kappa shape index (κ1) is 28.2. The highest BCUT2D eigenvalue weighted by molar-refractivity contribution is 5.89. The van der Waals surface area contributed by atoms with E-state index in [0.717, 1.165) is 5.56 Å². The fourth-order valence-corrected chi connectivity index (χ4v) is 3.13. The molecule has 0 unspecified atom stereocenters. The third-order valence-electron chi connectivity index (χ3n) is 4.84. The summed E-state index contributed by atoms with van der Waals surface area (Å²) < 4.78 is 20.6. The summed E-state index contributed by atoms with van der Waals surface area (Å²) >= 11 is 0. The van der Waals surface area contributed by atoms with E-state index in [0.29, 0.717) is 17.7 Å². The third-order valence-corrected chi connectivity index (χ3v) is 4.84. The molecular weight excluding hydrogens is 466 g/mol. The molecule has 0 saturated heterocycles. The molecule has 0 spiro atoms. The molecule has 0 fully saturated rings. The molecule has 0 aliphatic rings. The van der Waals surface area contributed by atoms with Gasteiger partial charge in [-0.1, -0.05) is 32.0 Å². The number of amides is 2. The molecule has 10 heteroatoms. The van der Waals surface area contributed by atoms with E-state index in [-0.39, 0.29) is 30.6 Å². The first-order chi connectivity index (χ1) is 17.2. The highest BCUT2D eigenvalue weighted by Gasteiger charge is 2.22. The highest BCUT2D eigenvalue weighted by Crippen LogP contribution is 2.28. The third kappa shape index (κ3) is 9.28. The van der Waals surface area contributed by atoms with Gasteiger partial charge in [0.25, 0.3) is 11.8 Å². The van der Waals surface area contributed by atoms with E-state index >= 15 is 0 Å². The van der Waals surface area contributed by atoms with Crippen LogP contribution in [0.5, 0.6) is 17.2 Å². The van der Waals surface area contributed by atoms with Crippen LogP contribution in [0.1, 0.15) is 38.3 Å². The number of carbonyl (C=O) groups is 3. The second-order valence-electron chi connectivity index (χ2n) is 8.23. The van der Waals surface area contributed by atoms with E-state index in [4.69, 9.17) is 18.9 Å². The largest absolute Gasteiger partial charge is 0.513 e. The molecule has 0 bridgehead atoms. The fraction of sp³-hybridized carbons (Fsp3) is 0.385. The first-order valence-corrected chi connectivity index (χ1v) is 11.6. The maximum Gasteiger partial charge on any atom is 0.513 e. The normalized spacial score (nSPS) is 11.6. The monoisotopic (exact) mass is 499 g/mol. The van der Waals surface area contributed by atoms with Crippen LogP contribution < -0.4 is 25.0 Å². The predicted octanol–water partition coefficient (Wildman–Crippen LogP) is 3.60. The van der Waals surface area contributed by atoms with Crippen molar-refractivity contribution in [3.63, 3.8) is 0 Å². The van der Waals surface area contributed by atoms with Crippen molar-refractivity contribution in [2.45, 2.75) is 40.2 Å². The maximum atomic E-state index is 12.7. The molecule has 1 atom stereocenters. The number of hydrazone groups is 1. The minimum absolute atomic E-state index is 0.151. The van der Waals surface area contributed by atoms with E-state index < -0.39 is 24.0 Å². The molecule has 2 rings (SSSR count). The van der Waals surface area contributed by atoms with E-state index in [9.17, 15) is 14.4 Å². The molecule has 194 valence electrons. The molecule has 2 aromatic carbocycles. The standard InChI is InChI=1S/C26H33N3O7/c1-6-34-26(32)36-22-12-11-19(14-23(22)33-5)15-27-29-25(31)20(13-17(2)3)28-24(30)16-35-21-10-8-7-9-18(21)4/h7-12,14-15,17,20H,6,13,16H2,1-5H3,(H,28,30)(H,29,31)/b27-15-/t20-/m1/s1. The van der Waals surface area contributed by atoms with Gasteiger partial charge < -0.3 is 24.3 Å². The Bertz CT molecular complexity index is 1070. The smallest absolute Gasteiger partial charge is 0.493 e. The van der Waals surface area contributed by atoms with E-state index in [1.165, 1.54) is 19.4 Å². The average Bonchev–Trinajstić information content (AvgIpc) is 2.83. The Morgan fingerprint density at radius 3 is 2.47 bits per heavy atom. The zero-order valence-electron chi connectivity index (χ0n) is 21.2. The summed E-state index contributed by atoms with van der Waals surface area (Å²) in [6.45, 7) is 7.43. The number of hydrogen-bond donors (Lipinski definition) is 2. The summed E-state index contributed by atoms with van der Waals surface area (Å²) in [6.07, 6.45) is 0.988. The van der Waals surface area contributed by atoms with Gasteiger partial charge in [-0.05, 0) is 61.6 Å². The van der Waals surface area contributed by atoms with E-state index in [1.54, 1.807) is 25.1 Å². The Labute approximate surface area is 211 Å². The molecule has 0 saturated carbocycles. The topological polar surface area (TPSA) is 125 Å². The van der Waals surface area contributed by atoms with Crippen LogP contribution in [0.15, 0.2) is 47.6 Å². The van der Waals surface area contributed by atoms with Crippen LogP contribution in [0.25, 0.3) is 0 Å². The van der Waals surface area contributed by atoms with Crippen LogP contribution >= 0.6 is 0 Å². The lowest BCUT2D eigenvalue weighted by molar-refractivity contribution is -0.130. The van der Waals surface area contributed by atoms with Crippen molar-refractivity contribution in [1.82, 2.24) is 10.7 Å². The number of ether oxygens (including phenoxy) is 4. The number of rotatable bonds is 12. The van der Waals surface area contributed by atoms with Crippen molar-refractivity contribution in [3.05, 3.63) is 53.6 Å². The second kappa shape index (κ2) is 14.3. The SMILES string of the molecule is CCOC(=O)Oc1ccc(/C=N\NC(=O)[C@@H](CC(C)C)NC(=O)COc2ccccc2C)cc1OC. The van der Waals surface area contributed by atoms with Gasteiger partial charge >= 0.3 is 6.16 Å². The van der Waals surface area contributed by atoms with Crippen molar-refractivity contribution in [1.29, 1.82) is 0 Å². The van der Waals surface area contributed by atoms with Crippen molar-refractivity contribution in [2.75, 3.05) is 20.3 Å². The summed E-state index contributed by atoms with van der Waals surface area (Å²) in [5.74, 6) is 0.361. The number of benzene rings is 2.